The SMILES string of the molecule is Cc1ccc(Br)c(NC(=O)COCC(=O)O)c1. The summed E-state index contributed by atoms with van der Waals surface area (Å²) in [6.07, 6.45) is 0. The van der Waals surface area contributed by atoms with Gasteiger partial charge in [-0.15, -0.1) is 0 Å². The van der Waals surface area contributed by atoms with E-state index in [1.54, 1.807) is 6.07 Å². The predicted octanol–water partition coefficient (Wildman–Crippen LogP) is 1.80. The van der Waals surface area contributed by atoms with Crippen LogP contribution in [0, 0.1) is 6.92 Å². The summed E-state index contributed by atoms with van der Waals surface area (Å²) in [6, 6.07) is 5.53. The molecule has 0 radical (unpaired) electrons. The van der Waals surface area contributed by atoms with Crippen molar-refractivity contribution < 1.29 is 19.4 Å². The van der Waals surface area contributed by atoms with Crippen molar-refractivity contribution >= 4 is 33.5 Å². The predicted molar refractivity (Wildman–Crippen MR) is 66.0 cm³/mol. The number of benzene rings is 1. The van der Waals surface area contributed by atoms with Crippen LogP contribution in [0.25, 0.3) is 0 Å². The number of nitrogens with one attached hydrogen (secondary N) is 1. The molecule has 0 saturated heterocycles. The van der Waals surface area contributed by atoms with Crippen molar-refractivity contribution in [2.45, 2.75) is 6.92 Å². The normalized spacial score (nSPS) is 10.0. The highest BCUT2D eigenvalue weighted by atomic mass is 79.9. The van der Waals surface area contributed by atoms with Gasteiger partial charge in [0.15, 0.2) is 0 Å². The number of aliphatic carboxylic acids is 1. The Morgan fingerprint density at radius 3 is 2.76 bits per heavy atom. The first kappa shape index (κ1) is 13.7. The molecular weight excluding hydrogens is 290 g/mol. The Kier molecular flexibility index (Phi) is 5.11. The Morgan fingerprint density at radius 2 is 2.12 bits per heavy atom. The highest BCUT2D eigenvalue weighted by Gasteiger charge is 2.07. The Bertz CT molecular complexity index is 433. The third-order valence-corrected chi connectivity index (χ3v) is 2.55. The van der Waals surface area contributed by atoms with E-state index >= 15 is 0 Å². The molecule has 0 fully saturated rings. The van der Waals surface area contributed by atoms with Gasteiger partial charge in [-0.05, 0) is 40.5 Å². The van der Waals surface area contributed by atoms with Gasteiger partial charge in [0, 0.05) is 4.47 Å². The molecule has 0 saturated carbocycles. The number of hydrogen-bond donors (Lipinski definition) is 2. The third kappa shape index (κ3) is 4.97. The minimum atomic E-state index is -1.10. The van der Waals surface area contributed by atoms with Crippen LogP contribution in [-0.2, 0) is 14.3 Å². The van der Waals surface area contributed by atoms with Gasteiger partial charge in [-0.2, -0.15) is 0 Å². The average molecular weight is 302 g/mol. The molecule has 5 nitrogen and oxygen atoms in total. The van der Waals surface area contributed by atoms with E-state index in [4.69, 9.17) is 5.11 Å². The van der Waals surface area contributed by atoms with Gasteiger partial charge in [0.1, 0.15) is 13.2 Å². The number of carbonyl (C=O) groups is 2. The van der Waals surface area contributed by atoms with E-state index in [1.165, 1.54) is 0 Å². The van der Waals surface area contributed by atoms with Crippen LogP contribution in [0.2, 0.25) is 0 Å². The lowest BCUT2D eigenvalue weighted by atomic mass is 10.2. The third-order valence-electron chi connectivity index (χ3n) is 1.85. The first-order valence-corrected chi connectivity index (χ1v) is 5.64. The minimum Gasteiger partial charge on any atom is -0.480 e. The summed E-state index contributed by atoms with van der Waals surface area (Å²) in [5.74, 6) is -1.49. The van der Waals surface area contributed by atoms with Gasteiger partial charge in [-0.25, -0.2) is 4.79 Å². The second-order valence-corrected chi connectivity index (χ2v) is 4.27. The molecular formula is C11H12BrNO4. The second kappa shape index (κ2) is 6.36. The number of amides is 1. The van der Waals surface area contributed by atoms with Gasteiger partial charge < -0.3 is 15.2 Å². The van der Waals surface area contributed by atoms with Crippen molar-refractivity contribution in [3.05, 3.63) is 28.2 Å². The molecule has 1 amide bonds. The summed E-state index contributed by atoms with van der Waals surface area (Å²) >= 11 is 3.30. The van der Waals surface area contributed by atoms with Gasteiger partial charge in [-0.3, -0.25) is 4.79 Å². The number of carbonyl (C=O) groups excluding carboxylic acids is 1. The Hall–Kier alpha value is -1.40. The molecule has 0 unspecified atom stereocenters. The zero-order valence-electron chi connectivity index (χ0n) is 9.20. The molecule has 0 aliphatic rings. The van der Waals surface area contributed by atoms with Gasteiger partial charge in [0.05, 0.1) is 5.69 Å². The van der Waals surface area contributed by atoms with E-state index in [0.29, 0.717) is 5.69 Å². The average Bonchev–Trinajstić information content (AvgIpc) is 2.23. The molecule has 1 aromatic rings. The first-order valence-electron chi connectivity index (χ1n) is 4.84. The van der Waals surface area contributed by atoms with Crippen molar-refractivity contribution in [2.75, 3.05) is 18.5 Å². The van der Waals surface area contributed by atoms with Crippen LogP contribution in [0.15, 0.2) is 22.7 Å². The molecule has 1 aromatic carbocycles. The largest absolute Gasteiger partial charge is 0.480 e. The van der Waals surface area contributed by atoms with Crippen LogP contribution >= 0.6 is 15.9 Å². The summed E-state index contributed by atoms with van der Waals surface area (Å²) in [6.45, 7) is 1.14. The maximum Gasteiger partial charge on any atom is 0.329 e. The summed E-state index contributed by atoms with van der Waals surface area (Å²) < 4.78 is 5.43. The van der Waals surface area contributed by atoms with E-state index in [-0.39, 0.29) is 6.61 Å². The molecule has 0 aliphatic carbocycles. The van der Waals surface area contributed by atoms with Gasteiger partial charge in [0.25, 0.3) is 0 Å². The fraction of sp³-hybridized carbons (Fsp3) is 0.273. The van der Waals surface area contributed by atoms with E-state index in [1.807, 2.05) is 19.1 Å². The Labute approximate surface area is 107 Å². The number of rotatable bonds is 5. The van der Waals surface area contributed by atoms with Crippen LogP contribution in [0.3, 0.4) is 0 Å². The molecule has 0 bridgehead atoms. The van der Waals surface area contributed by atoms with Crippen molar-refractivity contribution in [1.82, 2.24) is 0 Å². The van der Waals surface area contributed by atoms with Crippen LogP contribution < -0.4 is 5.32 Å². The first-order chi connectivity index (χ1) is 7.99. The molecule has 6 heteroatoms. The van der Waals surface area contributed by atoms with Crippen LogP contribution in [-0.4, -0.2) is 30.2 Å². The molecule has 2 N–H and O–H groups in total. The quantitative estimate of drug-likeness (QED) is 0.869. The molecule has 17 heavy (non-hydrogen) atoms. The molecule has 1 rings (SSSR count). The van der Waals surface area contributed by atoms with Crippen molar-refractivity contribution in [3.63, 3.8) is 0 Å². The molecule has 0 aromatic heterocycles. The Balaban J connectivity index is 2.50. The van der Waals surface area contributed by atoms with E-state index in [0.717, 1.165) is 10.0 Å². The zero-order valence-corrected chi connectivity index (χ0v) is 10.8. The van der Waals surface area contributed by atoms with Gasteiger partial charge >= 0.3 is 5.97 Å². The van der Waals surface area contributed by atoms with Crippen LogP contribution in [0.1, 0.15) is 5.56 Å². The highest BCUT2D eigenvalue weighted by Crippen LogP contribution is 2.23. The summed E-state index contributed by atoms with van der Waals surface area (Å²) in [7, 11) is 0. The topological polar surface area (TPSA) is 75.6 Å². The van der Waals surface area contributed by atoms with Crippen LogP contribution in [0.5, 0.6) is 0 Å². The zero-order chi connectivity index (χ0) is 12.8. The van der Waals surface area contributed by atoms with Crippen molar-refractivity contribution in [2.24, 2.45) is 0 Å². The second-order valence-electron chi connectivity index (χ2n) is 3.42. The summed E-state index contributed by atoms with van der Waals surface area (Å²) in [5.41, 5.74) is 1.64. The maximum atomic E-state index is 11.4. The van der Waals surface area contributed by atoms with E-state index < -0.39 is 18.5 Å². The molecule has 0 heterocycles. The van der Waals surface area contributed by atoms with Crippen molar-refractivity contribution in [1.29, 1.82) is 0 Å². The lowest BCUT2D eigenvalue weighted by Gasteiger charge is -2.08. The Morgan fingerprint density at radius 1 is 1.41 bits per heavy atom. The lowest BCUT2D eigenvalue weighted by Crippen LogP contribution is -2.20. The number of carboxylic acid groups (broad SMARTS) is 1. The smallest absolute Gasteiger partial charge is 0.329 e. The number of halogens is 1. The monoisotopic (exact) mass is 301 g/mol. The molecule has 0 atom stereocenters. The molecule has 0 aliphatic heterocycles. The molecule has 0 spiro atoms. The lowest BCUT2D eigenvalue weighted by molar-refractivity contribution is -0.143. The van der Waals surface area contributed by atoms with Crippen LogP contribution in [0.4, 0.5) is 5.69 Å². The van der Waals surface area contributed by atoms with E-state index in [2.05, 4.69) is 26.0 Å². The number of hydrogen-bond acceptors (Lipinski definition) is 3. The minimum absolute atomic E-state index is 0.285. The molecule has 92 valence electrons. The fourth-order valence-electron chi connectivity index (χ4n) is 1.15. The number of anilines is 1. The summed E-state index contributed by atoms with van der Waals surface area (Å²) in [5, 5.41) is 11.0. The number of ether oxygens (including phenoxy) is 1. The number of carboxylic acids is 1. The van der Waals surface area contributed by atoms with Gasteiger partial charge in [-0.1, -0.05) is 6.07 Å². The van der Waals surface area contributed by atoms with E-state index in [9.17, 15) is 9.59 Å². The fourth-order valence-corrected chi connectivity index (χ4v) is 1.50. The number of aryl methyl sites for hydroxylation is 1. The maximum absolute atomic E-state index is 11.4. The standard InChI is InChI=1S/C11H12BrNO4/c1-7-2-3-8(12)9(4-7)13-10(14)5-17-6-11(15)16/h2-4H,5-6H2,1H3,(H,13,14)(H,15,16). The summed E-state index contributed by atoms with van der Waals surface area (Å²) in [4.78, 5) is 21.6. The van der Waals surface area contributed by atoms with Gasteiger partial charge in [0.2, 0.25) is 5.91 Å². The highest BCUT2D eigenvalue weighted by molar-refractivity contribution is 9.10. The van der Waals surface area contributed by atoms with Crippen molar-refractivity contribution in [3.8, 4) is 0 Å².